The van der Waals surface area contributed by atoms with Crippen molar-refractivity contribution >= 4 is 29.2 Å². The summed E-state index contributed by atoms with van der Waals surface area (Å²) in [6, 6.07) is 0. The van der Waals surface area contributed by atoms with Crippen LogP contribution in [0.3, 0.4) is 0 Å². The highest BCUT2D eigenvalue weighted by atomic mass is 35.5. The van der Waals surface area contributed by atoms with Gasteiger partial charge in [0.15, 0.2) is 17.4 Å². The maximum absolute atomic E-state index is 4.98. The molecule has 0 saturated heterocycles. The molecule has 0 aromatic carbocycles. The van der Waals surface area contributed by atoms with Gasteiger partial charge < -0.3 is 0 Å². The average Bonchev–Trinajstić information content (AvgIpc) is 1.81. The molecule has 0 fully saturated rings. The number of halogens is 1. The maximum atomic E-state index is 4.98. The van der Waals surface area contributed by atoms with Crippen LogP contribution in [0.15, 0.2) is 0 Å². The lowest BCUT2D eigenvalue weighted by molar-refractivity contribution is 0.336. The Morgan fingerprint density at radius 1 is 1.22 bits per heavy atom. The molecule has 0 aromatic heterocycles. The van der Waals surface area contributed by atoms with Gasteiger partial charge >= 0.3 is 0 Å². The monoisotopic (exact) mass is 166 g/mol. The molecule has 3 heteroatoms. The topological polar surface area (TPSA) is 9.23 Å². The average molecular weight is 167 g/mol. The number of hydrogen-bond acceptors (Lipinski definition) is 1. The minimum absolute atomic E-state index is 0. The Labute approximate surface area is 73.0 Å². The van der Waals surface area contributed by atoms with Crippen LogP contribution in [-0.4, -0.2) is 24.0 Å². The SMILES string of the molecule is CCCCCCOCl.[AlH3]. The van der Waals surface area contributed by atoms with Crippen LogP contribution in [0.4, 0.5) is 0 Å². The second kappa shape index (κ2) is 11.6. The van der Waals surface area contributed by atoms with Gasteiger partial charge in [-0.15, -0.1) is 0 Å². The van der Waals surface area contributed by atoms with Crippen molar-refractivity contribution in [2.75, 3.05) is 6.61 Å². The van der Waals surface area contributed by atoms with E-state index in [-0.39, 0.29) is 17.4 Å². The molecule has 0 aliphatic carbocycles. The molecule has 0 N–H and O–H groups in total. The molecule has 0 atom stereocenters. The molecule has 0 aliphatic rings. The summed E-state index contributed by atoms with van der Waals surface area (Å²) in [5.74, 6) is 0. The van der Waals surface area contributed by atoms with E-state index in [0.717, 1.165) is 6.42 Å². The smallest absolute Gasteiger partial charge is 0.187 e. The second-order valence-corrected chi connectivity index (χ2v) is 2.09. The highest BCUT2D eigenvalue weighted by Crippen LogP contribution is 1.98. The zero-order chi connectivity index (χ0) is 6.24. The predicted molar refractivity (Wildman–Crippen MR) is 45.9 cm³/mol. The van der Waals surface area contributed by atoms with E-state index in [1.807, 2.05) is 0 Å². The van der Waals surface area contributed by atoms with Crippen LogP contribution in [0, 0.1) is 0 Å². The Morgan fingerprint density at radius 2 is 1.89 bits per heavy atom. The Kier molecular flexibility index (Phi) is 16.0. The summed E-state index contributed by atoms with van der Waals surface area (Å²) in [5.41, 5.74) is 0. The van der Waals surface area contributed by atoms with E-state index >= 15 is 0 Å². The highest BCUT2D eigenvalue weighted by Gasteiger charge is 1.84. The third kappa shape index (κ3) is 12.1. The Balaban J connectivity index is 0. The number of rotatable bonds is 5. The van der Waals surface area contributed by atoms with Gasteiger partial charge in [0.2, 0.25) is 0 Å². The number of unbranched alkanes of at least 4 members (excludes halogenated alkanes) is 3. The molecular weight excluding hydrogens is 150 g/mol. The van der Waals surface area contributed by atoms with Crippen LogP contribution < -0.4 is 0 Å². The van der Waals surface area contributed by atoms with Crippen molar-refractivity contribution in [1.29, 1.82) is 0 Å². The molecule has 0 rings (SSSR count). The van der Waals surface area contributed by atoms with Gasteiger partial charge in [0.1, 0.15) is 0 Å². The quantitative estimate of drug-likeness (QED) is 0.445. The summed E-state index contributed by atoms with van der Waals surface area (Å²) >= 11 is 4.98. The van der Waals surface area contributed by atoms with Gasteiger partial charge in [-0.1, -0.05) is 26.2 Å². The van der Waals surface area contributed by atoms with E-state index in [1.165, 1.54) is 19.3 Å². The zero-order valence-corrected chi connectivity index (χ0v) is 6.08. The van der Waals surface area contributed by atoms with E-state index in [9.17, 15) is 0 Å². The molecule has 0 bridgehead atoms. The van der Waals surface area contributed by atoms with Gasteiger partial charge in [0.25, 0.3) is 0 Å². The highest BCUT2D eigenvalue weighted by molar-refractivity contribution is 6.07. The fourth-order valence-corrected chi connectivity index (χ4v) is 0.693. The first-order valence-corrected chi connectivity index (χ1v) is 3.46. The van der Waals surface area contributed by atoms with Crippen molar-refractivity contribution in [2.45, 2.75) is 32.6 Å². The van der Waals surface area contributed by atoms with Crippen molar-refractivity contribution in [1.82, 2.24) is 0 Å². The minimum atomic E-state index is 0. The lowest BCUT2D eigenvalue weighted by Crippen LogP contribution is -1.82. The molecule has 9 heavy (non-hydrogen) atoms. The molecule has 0 aliphatic heterocycles. The van der Waals surface area contributed by atoms with Crippen molar-refractivity contribution in [3.8, 4) is 0 Å². The van der Waals surface area contributed by atoms with Crippen LogP contribution in [0.1, 0.15) is 32.6 Å². The molecule has 0 radical (unpaired) electrons. The molecule has 0 spiro atoms. The predicted octanol–water partition coefficient (Wildman–Crippen LogP) is 1.55. The first-order chi connectivity index (χ1) is 3.91. The van der Waals surface area contributed by atoms with Gasteiger partial charge in [-0.3, -0.25) is 4.29 Å². The molecule has 0 amide bonds. The second-order valence-electron chi connectivity index (χ2n) is 1.87. The van der Waals surface area contributed by atoms with E-state index in [0.29, 0.717) is 6.61 Å². The van der Waals surface area contributed by atoms with Crippen LogP contribution in [-0.2, 0) is 4.29 Å². The summed E-state index contributed by atoms with van der Waals surface area (Å²) < 4.78 is 4.36. The van der Waals surface area contributed by atoms with Gasteiger partial charge in [-0.25, -0.2) is 0 Å². The summed E-state index contributed by atoms with van der Waals surface area (Å²) in [6.45, 7) is 2.88. The van der Waals surface area contributed by atoms with Crippen molar-refractivity contribution in [2.24, 2.45) is 0 Å². The lowest BCUT2D eigenvalue weighted by Gasteiger charge is -1.93. The first-order valence-electron chi connectivity index (χ1n) is 3.15. The van der Waals surface area contributed by atoms with Crippen LogP contribution >= 0.6 is 11.9 Å². The summed E-state index contributed by atoms with van der Waals surface area (Å²) in [6.07, 6.45) is 4.89. The lowest BCUT2D eigenvalue weighted by atomic mass is 10.2. The molecule has 56 valence electrons. The standard InChI is InChI=1S/C6H13ClO.Al.3H/c1-2-3-4-5-6-8-7;;;;/h2-6H2,1H3;;;;. The molecule has 0 aromatic rings. The normalized spacial score (nSPS) is 8.67. The van der Waals surface area contributed by atoms with E-state index in [2.05, 4.69) is 11.2 Å². The molecular formula is C6H16AlClO. The summed E-state index contributed by atoms with van der Waals surface area (Å²) in [4.78, 5) is 0. The zero-order valence-electron chi connectivity index (χ0n) is 5.32. The van der Waals surface area contributed by atoms with Crippen molar-refractivity contribution in [3.63, 3.8) is 0 Å². The Hall–Kier alpha value is 0.782. The Morgan fingerprint density at radius 3 is 2.33 bits per heavy atom. The van der Waals surface area contributed by atoms with Crippen LogP contribution in [0.5, 0.6) is 0 Å². The van der Waals surface area contributed by atoms with Crippen LogP contribution in [0.25, 0.3) is 0 Å². The van der Waals surface area contributed by atoms with Crippen LogP contribution in [0.2, 0.25) is 0 Å². The van der Waals surface area contributed by atoms with Crippen molar-refractivity contribution < 1.29 is 4.29 Å². The van der Waals surface area contributed by atoms with Crippen molar-refractivity contribution in [3.05, 3.63) is 0 Å². The van der Waals surface area contributed by atoms with E-state index < -0.39 is 0 Å². The largest absolute Gasteiger partial charge is 0.279 e. The number of hydrogen-bond donors (Lipinski definition) is 0. The van der Waals surface area contributed by atoms with Gasteiger partial charge in [0.05, 0.1) is 18.5 Å². The first kappa shape index (κ1) is 12.5. The van der Waals surface area contributed by atoms with Gasteiger partial charge in [-0.2, -0.15) is 0 Å². The Bertz CT molecular complexity index is 38.0. The third-order valence-corrected chi connectivity index (χ3v) is 1.23. The molecule has 0 saturated carbocycles. The summed E-state index contributed by atoms with van der Waals surface area (Å²) in [7, 11) is 0. The fraction of sp³-hybridized carbons (Fsp3) is 1.00. The van der Waals surface area contributed by atoms with Gasteiger partial charge in [-0.05, 0) is 6.42 Å². The molecule has 0 heterocycles. The summed E-state index contributed by atoms with van der Waals surface area (Å²) in [5, 5.41) is 0. The van der Waals surface area contributed by atoms with Gasteiger partial charge in [0, 0.05) is 0 Å². The minimum Gasteiger partial charge on any atom is -0.279 e. The van der Waals surface area contributed by atoms with E-state index in [4.69, 9.17) is 11.9 Å². The van der Waals surface area contributed by atoms with E-state index in [1.54, 1.807) is 0 Å². The third-order valence-electron chi connectivity index (χ3n) is 1.08. The molecule has 1 nitrogen and oxygen atoms in total. The molecule has 0 unspecified atom stereocenters. The maximum Gasteiger partial charge on any atom is 0.187 e. The fourth-order valence-electron chi connectivity index (χ4n) is 0.583.